The van der Waals surface area contributed by atoms with Crippen molar-refractivity contribution in [3.05, 3.63) is 30.0 Å². The number of fused-ring (bicyclic) bond motifs is 1. The molecule has 2 aromatic rings. The van der Waals surface area contributed by atoms with Crippen molar-refractivity contribution in [1.82, 2.24) is 9.88 Å². The van der Waals surface area contributed by atoms with E-state index >= 15 is 0 Å². The zero-order chi connectivity index (χ0) is 18.4. The van der Waals surface area contributed by atoms with Crippen molar-refractivity contribution in [3.63, 3.8) is 0 Å². The number of H-pyrrole nitrogens is 1. The Kier molecular flexibility index (Phi) is 7.16. The number of rotatable bonds is 10. The van der Waals surface area contributed by atoms with Gasteiger partial charge in [0.2, 0.25) is 0 Å². The summed E-state index contributed by atoms with van der Waals surface area (Å²) in [6.07, 6.45) is 4.63. The first-order chi connectivity index (χ1) is 11.9. The molecule has 1 N–H and O–H groups in total. The number of benzene rings is 1. The smallest absolute Gasteiger partial charge is 0.308 e. The highest BCUT2D eigenvalue weighted by molar-refractivity contribution is 7.87. The van der Waals surface area contributed by atoms with E-state index < -0.39 is 10.1 Å². The molecule has 25 heavy (non-hydrogen) atoms. The Labute approximate surface area is 155 Å². The van der Waals surface area contributed by atoms with Crippen LogP contribution in [-0.2, 0) is 16.5 Å². The highest BCUT2D eigenvalue weighted by Crippen LogP contribution is 2.30. The molecule has 0 amide bonds. The summed E-state index contributed by atoms with van der Waals surface area (Å²) < 4.78 is 29.0. The minimum Gasteiger partial charge on any atom is -0.382 e. The molecule has 0 aliphatic heterocycles. The van der Waals surface area contributed by atoms with E-state index in [4.69, 9.17) is 15.8 Å². The van der Waals surface area contributed by atoms with Crippen LogP contribution < -0.4 is 4.18 Å². The molecule has 1 aromatic heterocycles. The van der Waals surface area contributed by atoms with Crippen molar-refractivity contribution in [3.8, 4) is 5.75 Å². The fourth-order valence-corrected chi connectivity index (χ4v) is 3.61. The molecule has 7 heteroatoms. The van der Waals surface area contributed by atoms with Crippen LogP contribution in [0.5, 0.6) is 5.75 Å². The first-order valence-corrected chi connectivity index (χ1v) is 10.8. The molecule has 0 saturated carbocycles. The van der Waals surface area contributed by atoms with Gasteiger partial charge in [0.1, 0.15) is 0 Å². The maximum Gasteiger partial charge on any atom is 0.308 e. The summed E-state index contributed by atoms with van der Waals surface area (Å²) in [6.45, 7) is 7.55. The van der Waals surface area contributed by atoms with E-state index in [0.717, 1.165) is 48.8 Å². The first kappa shape index (κ1) is 20.1. The number of aromatic amines is 1. The Hall–Kier alpha value is -1.24. The number of hydrogen-bond acceptors (Lipinski definition) is 4. The van der Waals surface area contributed by atoms with Crippen LogP contribution in [0.15, 0.2) is 24.4 Å². The summed E-state index contributed by atoms with van der Waals surface area (Å²) >= 11 is 6.42. The molecule has 0 aliphatic rings. The van der Waals surface area contributed by atoms with Crippen molar-refractivity contribution in [2.75, 3.05) is 18.8 Å². The second-order valence-electron chi connectivity index (χ2n) is 6.05. The molecule has 1 heterocycles. The number of aromatic nitrogens is 1. The third kappa shape index (κ3) is 5.12. The number of alkyl halides is 1. The van der Waals surface area contributed by atoms with Gasteiger partial charge in [-0.2, -0.15) is 8.42 Å². The quantitative estimate of drug-likeness (QED) is 0.379. The Morgan fingerprint density at radius 1 is 1.24 bits per heavy atom. The van der Waals surface area contributed by atoms with E-state index in [2.05, 4.69) is 23.7 Å². The fourth-order valence-electron chi connectivity index (χ4n) is 2.88. The van der Waals surface area contributed by atoms with Crippen molar-refractivity contribution in [1.29, 1.82) is 0 Å². The van der Waals surface area contributed by atoms with Crippen molar-refractivity contribution in [2.45, 2.75) is 45.5 Å². The third-order valence-corrected chi connectivity index (χ3v) is 5.96. The van der Waals surface area contributed by atoms with Crippen LogP contribution in [0.1, 0.15) is 39.2 Å². The molecule has 140 valence electrons. The second kappa shape index (κ2) is 8.92. The lowest BCUT2D eigenvalue weighted by Crippen LogP contribution is -2.33. The zero-order valence-corrected chi connectivity index (χ0v) is 16.7. The highest BCUT2D eigenvalue weighted by atomic mass is 35.5. The summed E-state index contributed by atoms with van der Waals surface area (Å²) in [7, 11) is -3.56. The van der Waals surface area contributed by atoms with Crippen LogP contribution >= 0.6 is 11.6 Å². The van der Waals surface area contributed by atoms with Gasteiger partial charge in [0.25, 0.3) is 0 Å². The number of nitrogens with one attached hydrogen (secondary N) is 1. The van der Waals surface area contributed by atoms with E-state index in [0.29, 0.717) is 5.75 Å². The van der Waals surface area contributed by atoms with Crippen LogP contribution in [0.25, 0.3) is 10.9 Å². The Morgan fingerprint density at radius 3 is 2.64 bits per heavy atom. The molecule has 0 fully saturated rings. The van der Waals surface area contributed by atoms with Gasteiger partial charge in [-0.05, 0) is 50.4 Å². The SMILES string of the molecule is CCCN(CCc1c[nH]c2cccc(OS(=O)(=O)CC)c12)C(Cl)CC. The average Bonchev–Trinajstić information content (AvgIpc) is 3.02. The van der Waals surface area contributed by atoms with Crippen LogP contribution in [0.4, 0.5) is 0 Å². The van der Waals surface area contributed by atoms with Gasteiger partial charge in [-0.15, -0.1) is 11.6 Å². The summed E-state index contributed by atoms with van der Waals surface area (Å²) in [4.78, 5) is 5.46. The molecule has 1 aromatic carbocycles. The van der Waals surface area contributed by atoms with Gasteiger partial charge in [-0.1, -0.05) is 19.9 Å². The lowest BCUT2D eigenvalue weighted by molar-refractivity contribution is 0.250. The van der Waals surface area contributed by atoms with Crippen LogP contribution in [0, 0.1) is 0 Å². The predicted molar refractivity (Wildman–Crippen MR) is 104 cm³/mol. The normalized spacial score (nSPS) is 13.5. The van der Waals surface area contributed by atoms with Gasteiger partial charge >= 0.3 is 10.1 Å². The molecular weight excluding hydrogens is 360 g/mol. The molecule has 0 radical (unpaired) electrons. The summed E-state index contributed by atoms with van der Waals surface area (Å²) in [5.41, 5.74) is 1.93. The van der Waals surface area contributed by atoms with Crippen molar-refractivity contribution in [2.24, 2.45) is 0 Å². The van der Waals surface area contributed by atoms with Gasteiger partial charge in [0.05, 0.1) is 11.3 Å². The monoisotopic (exact) mass is 386 g/mol. The lowest BCUT2D eigenvalue weighted by atomic mass is 10.1. The fraction of sp³-hybridized carbons (Fsp3) is 0.556. The maximum atomic E-state index is 11.9. The third-order valence-electron chi connectivity index (χ3n) is 4.23. The molecule has 0 saturated heterocycles. The van der Waals surface area contributed by atoms with Gasteiger partial charge in [-0.25, -0.2) is 0 Å². The molecular formula is C18H27ClN2O3S. The van der Waals surface area contributed by atoms with Crippen LogP contribution in [-0.4, -0.2) is 42.6 Å². The lowest BCUT2D eigenvalue weighted by Gasteiger charge is -2.26. The van der Waals surface area contributed by atoms with E-state index in [1.54, 1.807) is 19.1 Å². The highest BCUT2D eigenvalue weighted by Gasteiger charge is 2.17. The number of nitrogens with zero attached hydrogens (tertiary/aromatic N) is 1. The molecule has 0 aliphatic carbocycles. The Balaban J connectivity index is 2.26. The predicted octanol–water partition coefficient (Wildman–Crippen LogP) is 4.13. The minimum atomic E-state index is -3.56. The molecule has 0 bridgehead atoms. The topological polar surface area (TPSA) is 62.4 Å². The minimum absolute atomic E-state index is 0.0151. The Bertz CT molecular complexity index is 789. The van der Waals surface area contributed by atoms with Crippen LogP contribution in [0.3, 0.4) is 0 Å². The summed E-state index contributed by atoms with van der Waals surface area (Å²) in [5, 5.41) is 0.832. The molecule has 2 rings (SSSR count). The van der Waals surface area contributed by atoms with Gasteiger partial charge in [-0.3, -0.25) is 4.90 Å². The summed E-state index contributed by atoms with van der Waals surface area (Å²) in [6, 6.07) is 5.41. The average molecular weight is 387 g/mol. The van der Waals surface area contributed by atoms with Gasteiger partial charge in [0.15, 0.2) is 5.75 Å². The summed E-state index contributed by atoms with van der Waals surface area (Å²) in [5.74, 6) is 0.327. The van der Waals surface area contributed by atoms with Gasteiger partial charge < -0.3 is 9.17 Å². The van der Waals surface area contributed by atoms with E-state index in [1.165, 1.54) is 0 Å². The van der Waals surface area contributed by atoms with Crippen molar-refractivity contribution < 1.29 is 12.6 Å². The van der Waals surface area contributed by atoms with E-state index in [9.17, 15) is 8.42 Å². The van der Waals surface area contributed by atoms with Crippen molar-refractivity contribution >= 4 is 32.6 Å². The standard InChI is InChI=1S/C18H27ClN2O3S/c1-4-11-21(17(19)5-2)12-10-14-13-20-15-8-7-9-16(18(14)15)24-25(22,23)6-3/h7-9,13,17,20H,4-6,10-12H2,1-3H3. The largest absolute Gasteiger partial charge is 0.382 e. The molecule has 0 spiro atoms. The van der Waals surface area contributed by atoms with Crippen LogP contribution in [0.2, 0.25) is 0 Å². The van der Waals surface area contributed by atoms with E-state index in [-0.39, 0.29) is 11.3 Å². The second-order valence-corrected chi connectivity index (χ2v) is 8.41. The Morgan fingerprint density at radius 2 is 2.00 bits per heavy atom. The number of halogens is 1. The molecule has 1 atom stereocenters. The van der Waals surface area contributed by atoms with E-state index in [1.807, 2.05) is 12.3 Å². The molecule has 1 unspecified atom stereocenters. The first-order valence-electron chi connectivity index (χ1n) is 8.81. The molecule has 5 nitrogen and oxygen atoms in total. The maximum absolute atomic E-state index is 11.9. The zero-order valence-electron chi connectivity index (χ0n) is 15.1. The number of hydrogen-bond donors (Lipinski definition) is 1. The van der Waals surface area contributed by atoms with Gasteiger partial charge in [0, 0.05) is 23.6 Å².